The van der Waals surface area contributed by atoms with Gasteiger partial charge < -0.3 is 0 Å². The summed E-state index contributed by atoms with van der Waals surface area (Å²) >= 11 is 7.11. The Morgan fingerprint density at radius 2 is 1.90 bits per heavy atom. The van der Waals surface area contributed by atoms with E-state index in [1.165, 1.54) is 5.56 Å². The van der Waals surface area contributed by atoms with Crippen molar-refractivity contribution in [2.24, 2.45) is 0 Å². The van der Waals surface area contributed by atoms with E-state index >= 15 is 0 Å². The highest BCUT2D eigenvalue weighted by atomic mass is 79.9. The van der Waals surface area contributed by atoms with E-state index in [2.05, 4.69) is 86.9 Å². The SMILES string of the molecule is CCC(C)n1ccc(CC(CBr)c2ccc(Br)cc2)n1. The molecule has 0 amide bonds. The zero-order chi connectivity index (χ0) is 14.5. The van der Waals surface area contributed by atoms with Crippen molar-refractivity contribution < 1.29 is 0 Å². The van der Waals surface area contributed by atoms with Gasteiger partial charge in [-0.3, -0.25) is 4.68 Å². The lowest BCUT2D eigenvalue weighted by molar-refractivity contribution is 0.472. The summed E-state index contributed by atoms with van der Waals surface area (Å²) in [5.41, 5.74) is 2.51. The van der Waals surface area contributed by atoms with Gasteiger partial charge in [0.15, 0.2) is 0 Å². The highest BCUT2D eigenvalue weighted by Gasteiger charge is 2.13. The fraction of sp³-hybridized carbons (Fsp3) is 0.438. The molecule has 2 nitrogen and oxygen atoms in total. The van der Waals surface area contributed by atoms with Crippen LogP contribution in [0.2, 0.25) is 0 Å². The summed E-state index contributed by atoms with van der Waals surface area (Å²) < 4.78 is 3.19. The quantitative estimate of drug-likeness (QED) is 0.599. The average Bonchev–Trinajstić information content (AvgIpc) is 2.93. The molecule has 1 heterocycles. The monoisotopic (exact) mass is 398 g/mol. The van der Waals surface area contributed by atoms with Crippen LogP contribution < -0.4 is 0 Å². The van der Waals surface area contributed by atoms with E-state index in [0.717, 1.165) is 28.3 Å². The summed E-state index contributed by atoms with van der Waals surface area (Å²) in [5.74, 6) is 0.461. The third-order valence-corrected chi connectivity index (χ3v) is 5.00. The standard InChI is InChI=1S/C16H20Br2N2/c1-3-12(2)20-9-8-16(19-20)10-14(11-17)13-4-6-15(18)7-5-13/h4-9,12,14H,3,10-11H2,1-2H3. The fourth-order valence-electron chi connectivity index (χ4n) is 2.17. The Balaban J connectivity index is 2.10. The molecule has 0 radical (unpaired) electrons. The first kappa shape index (κ1) is 15.8. The molecule has 0 spiro atoms. The van der Waals surface area contributed by atoms with Crippen LogP contribution in [0.5, 0.6) is 0 Å². The predicted molar refractivity (Wildman–Crippen MR) is 91.6 cm³/mol. The van der Waals surface area contributed by atoms with Gasteiger partial charge in [-0.2, -0.15) is 5.10 Å². The molecule has 20 heavy (non-hydrogen) atoms. The van der Waals surface area contributed by atoms with E-state index in [9.17, 15) is 0 Å². The summed E-state index contributed by atoms with van der Waals surface area (Å²) in [7, 11) is 0. The van der Waals surface area contributed by atoms with Gasteiger partial charge in [0.1, 0.15) is 0 Å². The summed E-state index contributed by atoms with van der Waals surface area (Å²) in [4.78, 5) is 0. The smallest absolute Gasteiger partial charge is 0.0631 e. The maximum absolute atomic E-state index is 4.70. The molecule has 0 aliphatic heterocycles. The van der Waals surface area contributed by atoms with Crippen LogP contribution in [0.4, 0.5) is 0 Å². The Kier molecular flexibility index (Phi) is 5.85. The summed E-state index contributed by atoms with van der Waals surface area (Å²) in [6, 6.07) is 11.2. The second-order valence-corrected chi connectivity index (χ2v) is 6.71. The summed E-state index contributed by atoms with van der Waals surface area (Å²) in [6.07, 6.45) is 4.17. The van der Waals surface area contributed by atoms with E-state index in [-0.39, 0.29) is 0 Å². The Morgan fingerprint density at radius 1 is 1.20 bits per heavy atom. The fourth-order valence-corrected chi connectivity index (χ4v) is 3.03. The van der Waals surface area contributed by atoms with Crippen molar-refractivity contribution in [2.45, 2.75) is 38.6 Å². The number of rotatable bonds is 6. The minimum absolute atomic E-state index is 0.461. The first-order valence-electron chi connectivity index (χ1n) is 6.99. The zero-order valence-corrected chi connectivity index (χ0v) is 15.1. The van der Waals surface area contributed by atoms with E-state index in [4.69, 9.17) is 5.10 Å². The van der Waals surface area contributed by atoms with Crippen LogP contribution in [0.1, 0.15) is 43.5 Å². The van der Waals surface area contributed by atoms with Gasteiger partial charge in [0.2, 0.25) is 0 Å². The molecule has 108 valence electrons. The van der Waals surface area contributed by atoms with Gasteiger partial charge in [-0.05, 0) is 49.4 Å². The summed E-state index contributed by atoms with van der Waals surface area (Å²) in [5, 5.41) is 5.65. The topological polar surface area (TPSA) is 17.8 Å². The third-order valence-electron chi connectivity index (χ3n) is 3.69. The molecular formula is C16H20Br2N2. The van der Waals surface area contributed by atoms with Crippen LogP contribution in [0.15, 0.2) is 41.0 Å². The van der Waals surface area contributed by atoms with E-state index < -0.39 is 0 Å². The van der Waals surface area contributed by atoms with Crippen LogP contribution in [0, 0.1) is 0 Å². The molecule has 2 atom stereocenters. The van der Waals surface area contributed by atoms with Gasteiger partial charge >= 0.3 is 0 Å². The maximum Gasteiger partial charge on any atom is 0.0631 e. The number of hydrogen-bond donors (Lipinski definition) is 0. The van der Waals surface area contributed by atoms with Crippen molar-refractivity contribution in [1.29, 1.82) is 0 Å². The van der Waals surface area contributed by atoms with Gasteiger partial charge in [-0.15, -0.1) is 0 Å². The normalized spacial score (nSPS) is 14.2. The molecule has 0 saturated carbocycles. The van der Waals surface area contributed by atoms with Gasteiger partial charge in [0, 0.05) is 22.0 Å². The minimum Gasteiger partial charge on any atom is -0.270 e. The van der Waals surface area contributed by atoms with Crippen molar-refractivity contribution in [3.8, 4) is 0 Å². The minimum atomic E-state index is 0.461. The van der Waals surface area contributed by atoms with Crippen LogP contribution in [-0.4, -0.2) is 15.1 Å². The molecule has 0 fully saturated rings. The van der Waals surface area contributed by atoms with Crippen LogP contribution in [-0.2, 0) is 6.42 Å². The molecule has 0 N–H and O–H groups in total. The van der Waals surface area contributed by atoms with Crippen LogP contribution >= 0.6 is 31.9 Å². The van der Waals surface area contributed by atoms with Crippen molar-refractivity contribution in [1.82, 2.24) is 9.78 Å². The lowest BCUT2D eigenvalue weighted by Crippen LogP contribution is -2.08. The number of hydrogen-bond acceptors (Lipinski definition) is 1. The van der Waals surface area contributed by atoms with E-state index in [1.807, 2.05) is 0 Å². The van der Waals surface area contributed by atoms with Crippen molar-refractivity contribution >= 4 is 31.9 Å². The molecule has 0 aliphatic rings. The molecule has 4 heteroatoms. The Hall–Kier alpha value is -0.610. The average molecular weight is 400 g/mol. The first-order valence-corrected chi connectivity index (χ1v) is 8.91. The van der Waals surface area contributed by atoms with Gasteiger partial charge in [0.05, 0.1) is 5.69 Å². The molecule has 0 aliphatic carbocycles. The van der Waals surface area contributed by atoms with E-state index in [1.54, 1.807) is 0 Å². The predicted octanol–water partition coefficient (Wildman–Crippen LogP) is 5.34. The molecule has 2 unspecified atom stereocenters. The first-order chi connectivity index (χ1) is 9.63. The maximum atomic E-state index is 4.70. The number of benzene rings is 1. The van der Waals surface area contributed by atoms with Crippen molar-refractivity contribution in [3.63, 3.8) is 0 Å². The Labute approximate surface area is 137 Å². The molecule has 0 saturated heterocycles. The number of halogens is 2. The molecule has 2 aromatic rings. The zero-order valence-electron chi connectivity index (χ0n) is 11.9. The van der Waals surface area contributed by atoms with Crippen molar-refractivity contribution in [3.05, 3.63) is 52.3 Å². The number of aromatic nitrogens is 2. The Bertz CT molecular complexity index is 534. The number of alkyl halides is 1. The molecule has 1 aromatic heterocycles. The van der Waals surface area contributed by atoms with Gasteiger partial charge in [-0.1, -0.05) is 50.9 Å². The van der Waals surface area contributed by atoms with Crippen molar-refractivity contribution in [2.75, 3.05) is 5.33 Å². The highest BCUT2D eigenvalue weighted by Crippen LogP contribution is 2.24. The highest BCUT2D eigenvalue weighted by molar-refractivity contribution is 9.10. The Morgan fingerprint density at radius 3 is 2.50 bits per heavy atom. The lowest BCUT2D eigenvalue weighted by atomic mass is 9.96. The molecule has 0 bridgehead atoms. The second-order valence-electron chi connectivity index (χ2n) is 5.15. The van der Waals surface area contributed by atoms with Crippen LogP contribution in [0.25, 0.3) is 0 Å². The summed E-state index contributed by atoms with van der Waals surface area (Å²) in [6.45, 7) is 4.39. The van der Waals surface area contributed by atoms with E-state index in [0.29, 0.717) is 12.0 Å². The molecular weight excluding hydrogens is 380 g/mol. The molecule has 1 aromatic carbocycles. The number of nitrogens with zero attached hydrogens (tertiary/aromatic N) is 2. The second kappa shape index (κ2) is 7.41. The van der Waals surface area contributed by atoms with Gasteiger partial charge in [-0.25, -0.2) is 0 Å². The van der Waals surface area contributed by atoms with Gasteiger partial charge in [0.25, 0.3) is 0 Å². The lowest BCUT2D eigenvalue weighted by Gasteiger charge is -2.13. The largest absolute Gasteiger partial charge is 0.270 e. The third kappa shape index (κ3) is 3.95. The van der Waals surface area contributed by atoms with Crippen LogP contribution in [0.3, 0.4) is 0 Å². The molecule has 2 rings (SSSR count).